The molecule has 5 nitrogen and oxygen atoms in total. The van der Waals surface area contributed by atoms with Crippen molar-refractivity contribution < 1.29 is 9.59 Å². The van der Waals surface area contributed by atoms with Gasteiger partial charge < -0.3 is 15.5 Å². The molecule has 27 heavy (non-hydrogen) atoms. The highest BCUT2D eigenvalue weighted by molar-refractivity contribution is 7.12. The van der Waals surface area contributed by atoms with E-state index < -0.39 is 0 Å². The van der Waals surface area contributed by atoms with Crippen molar-refractivity contribution in [2.24, 2.45) is 5.92 Å². The second kappa shape index (κ2) is 9.69. The van der Waals surface area contributed by atoms with Gasteiger partial charge in [0.25, 0.3) is 0 Å². The number of rotatable bonds is 7. The number of nitrogens with one attached hydrogen (secondary N) is 2. The molecule has 6 heteroatoms. The van der Waals surface area contributed by atoms with Gasteiger partial charge in [0, 0.05) is 35.8 Å². The van der Waals surface area contributed by atoms with E-state index in [1.165, 1.54) is 15.3 Å². The summed E-state index contributed by atoms with van der Waals surface area (Å²) in [6.45, 7) is 7.58. The second-order valence-corrected chi connectivity index (χ2v) is 9.49. The summed E-state index contributed by atoms with van der Waals surface area (Å²) in [5, 5.41) is 6.33. The first-order valence-electron chi connectivity index (χ1n) is 10.4. The molecule has 2 N–H and O–H groups in total. The molecular formula is C21H33N3O2S. The number of likely N-dealkylation sites (tertiary alicyclic amines) is 1. The average Bonchev–Trinajstić information content (AvgIpc) is 3.30. The zero-order chi connectivity index (χ0) is 19.2. The van der Waals surface area contributed by atoms with Gasteiger partial charge in [-0.25, -0.2) is 0 Å². The molecular weight excluding hydrogens is 358 g/mol. The van der Waals surface area contributed by atoms with Gasteiger partial charge in [0.05, 0.1) is 6.04 Å². The van der Waals surface area contributed by atoms with E-state index in [1.54, 1.807) is 0 Å². The van der Waals surface area contributed by atoms with Crippen molar-refractivity contribution >= 4 is 23.2 Å². The molecule has 2 fully saturated rings. The number of carbonyl (C=O) groups is 2. The third-order valence-corrected chi connectivity index (χ3v) is 6.80. The van der Waals surface area contributed by atoms with Crippen molar-refractivity contribution in [2.45, 2.75) is 64.8 Å². The fourth-order valence-electron chi connectivity index (χ4n) is 4.25. The Bertz CT molecular complexity index is 652. The Labute approximate surface area is 166 Å². The topological polar surface area (TPSA) is 61.4 Å². The molecule has 0 bridgehead atoms. The molecule has 0 aliphatic carbocycles. The summed E-state index contributed by atoms with van der Waals surface area (Å²) in [4.78, 5) is 29.5. The Balaban J connectivity index is 1.38. The normalized spacial score (nSPS) is 22.8. The molecule has 2 saturated heterocycles. The van der Waals surface area contributed by atoms with Crippen molar-refractivity contribution in [3.05, 3.63) is 21.4 Å². The molecule has 2 aliphatic rings. The number of amides is 2. The Morgan fingerprint density at radius 3 is 2.85 bits per heavy atom. The molecule has 3 heterocycles. The van der Waals surface area contributed by atoms with Crippen LogP contribution in [-0.4, -0.2) is 48.9 Å². The molecule has 2 atom stereocenters. The molecule has 3 rings (SSSR count). The van der Waals surface area contributed by atoms with E-state index in [9.17, 15) is 9.59 Å². The van der Waals surface area contributed by atoms with Crippen molar-refractivity contribution in [2.75, 3.05) is 26.2 Å². The van der Waals surface area contributed by atoms with Crippen molar-refractivity contribution in [1.29, 1.82) is 0 Å². The van der Waals surface area contributed by atoms with E-state index in [4.69, 9.17) is 0 Å². The van der Waals surface area contributed by atoms with E-state index in [0.717, 1.165) is 58.2 Å². The molecule has 0 radical (unpaired) electrons. The summed E-state index contributed by atoms with van der Waals surface area (Å²) in [6.07, 6.45) is 6.68. The zero-order valence-electron chi connectivity index (χ0n) is 16.7. The Kier molecular flexibility index (Phi) is 7.30. The van der Waals surface area contributed by atoms with Crippen LogP contribution in [0.15, 0.2) is 6.07 Å². The van der Waals surface area contributed by atoms with Crippen LogP contribution in [0.25, 0.3) is 0 Å². The van der Waals surface area contributed by atoms with Crippen LogP contribution in [0.1, 0.15) is 53.8 Å². The highest BCUT2D eigenvalue weighted by Gasteiger charge is 2.26. The lowest BCUT2D eigenvalue weighted by atomic mass is 9.97. The monoisotopic (exact) mass is 391 g/mol. The first kappa shape index (κ1) is 20.3. The van der Waals surface area contributed by atoms with Crippen LogP contribution in [0.5, 0.6) is 0 Å². The van der Waals surface area contributed by atoms with Gasteiger partial charge in [0.15, 0.2) is 0 Å². The molecule has 2 amide bonds. The fraction of sp³-hybridized carbons (Fsp3) is 0.714. The van der Waals surface area contributed by atoms with Crippen LogP contribution in [0.3, 0.4) is 0 Å². The van der Waals surface area contributed by atoms with Gasteiger partial charge in [-0.05, 0) is 76.5 Å². The van der Waals surface area contributed by atoms with Gasteiger partial charge in [-0.2, -0.15) is 0 Å². The van der Waals surface area contributed by atoms with Gasteiger partial charge >= 0.3 is 0 Å². The maximum Gasteiger partial charge on any atom is 0.237 e. The van der Waals surface area contributed by atoms with Crippen LogP contribution in [-0.2, 0) is 16.0 Å². The molecule has 2 unspecified atom stereocenters. The minimum atomic E-state index is -0.0180. The van der Waals surface area contributed by atoms with Crippen molar-refractivity contribution in [3.63, 3.8) is 0 Å². The number of carbonyl (C=O) groups excluding carboxylic acids is 2. The summed E-state index contributed by atoms with van der Waals surface area (Å²) in [5.74, 6) is 0.778. The summed E-state index contributed by atoms with van der Waals surface area (Å²) in [6, 6.07) is 2.24. The fourth-order valence-corrected chi connectivity index (χ4v) is 5.23. The third-order valence-electron chi connectivity index (χ3n) is 5.79. The molecule has 0 saturated carbocycles. The van der Waals surface area contributed by atoms with Gasteiger partial charge in [-0.3, -0.25) is 9.59 Å². The third kappa shape index (κ3) is 5.79. The number of hydrogen-bond acceptors (Lipinski definition) is 4. The quantitative estimate of drug-likeness (QED) is 0.751. The van der Waals surface area contributed by atoms with Gasteiger partial charge in [-0.1, -0.05) is 0 Å². The summed E-state index contributed by atoms with van der Waals surface area (Å²) < 4.78 is 0. The summed E-state index contributed by atoms with van der Waals surface area (Å²) in [5.41, 5.74) is 1.39. The summed E-state index contributed by atoms with van der Waals surface area (Å²) >= 11 is 1.84. The molecule has 0 aromatic carbocycles. The SMILES string of the molecule is Cc1cc(CCCC(=O)N2CCCC(CNC(=O)C3CCCN3)C2)c(C)s1. The average molecular weight is 392 g/mol. The molecule has 1 aromatic heterocycles. The van der Waals surface area contributed by atoms with Crippen LogP contribution in [0.4, 0.5) is 0 Å². The summed E-state index contributed by atoms with van der Waals surface area (Å²) in [7, 11) is 0. The molecule has 2 aliphatic heterocycles. The van der Waals surface area contributed by atoms with Crippen LogP contribution < -0.4 is 10.6 Å². The molecule has 0 spiro atoms. The number of hydrogen-bond donors (Lipinski definition) is 2. The lowest BCUT2D eigenvalue weighted by molar-refractivity contribution is -0.133. The smallest absolute Gasteiger partial charge is 0.237 e. The number of nitrogens with zero attached hydrogens (tertiary/aromatic N) is 1. The minimum Gasteiger partial charge on any atom is -0.354 e. The lowest BCUT2D eigenvalue weighted by Crippen LogP contribution is -2.46. The molecule has 150 valence electrons. The predicted octanol–water partition coefficient (Wildman–Crippen LogP) is 2.79. The largest absolute Gasteiger partial charge is 0.354 e. The number of thiophene rings is 1. The van der Waals surface area contributed by atoms with E-state index in [-0.39, 0.29) is 17.9 Å². The lowest BCUT2D eigenvalue weighted by Gasteiger charge is -2.33. The van der Waals surface area contributed by atoms with E-state index in [1.807, 2.05) is 16.2 Å². The maximum absolute atomic E-state index is 12.6. The maximum atomic E-state index is 12.6. The van der Waals surface area contributed by atoms with Crippen LogP contribution >= 0.6 is 11.3 Å². The van der Waals surface area contributed by atoms with E-state index in [2.05, 4.69) is 30.5 Å². The highest BCUT2D eigenvalue weighted by atomic mass is 32.1. The van der Waals surface area contributed by atoms with Crippen molar-refractivity contribution in [3.8, 4) is 0 Å². The number of piperidine rings is 1. The van der Waals surface area contributed by atoms with Gasteiger partial charge in [0.2, 0.25) is 11.8 Å². The van der Waals surface area contributed by atoms with Crippen molar-refractivity contribution in [1.82, 2.24) is 15.5 Å². The predicted molar refractivity (Wildman–Crippen MR) is 110 cm³/mol. The Hall–Kier alpha value is -1.40. The first-order chi connectivity index (χ1) is 13.0. The highest BCUT2D eigenvalue weighted by Crippen LogP contribution is 2.23. The van der Waals surface area contributed by atoms with Gasteiger partial charge in [-0.15, -0.1) is 11.3 Å². The van der Waals surface area contributed by atoms with Crippen LogP contribution in [0.2, 0.25) is 0 Å². The van der Waals surface area contributed by atoms with Gasteiger partial charge in [0.1, 0.15) is 0 Å². The second-order valence-electron chi connectivity index (χ2n) is 8.03. The first-order valence-corrected chi connectivity index (χ1v) is 11.2. The number of aryl methyl sites for hydroxylation is 3. The standard InChI is InChI=1S/C21H33N3O2S/c1-15-12-18(16(2)27-15)7-3-9-20(25)24-11-5-6-17(14-24)13-23-21(26)19-8-4-10-22-19/h12,17,19,22H,3-11,13-14H2,1-2H3,(H,23,26). The van der Waals surface area contributed by atoms with Crippen LogP contribution in [0, 0.1) is 19.8 Å². The van der Waals surface area contributed by atoms with E-state index >= 15 is 0 Å². The van der Waals surface area contributed by atoms with E-state index in [0.29, 0.717) is 18.9 Å². The Morgan fingerprint density at radius 2 is 2.15 bits per heavy atom. The molecule has 1 aromatic rings. The minimum absolute atomic E-state index is 0.0180. The Morgan fingerprint density at radius 1 is 1.30 bits per heavy atom. The zero-order valence-corrected chi connectivity index (χ0v) is 17.5.